The van der Waals surface area contributed by atoms with Crippen LogP contribution in [-0.4, -0.2) is 36.2 Å². The molecule has 29 heavy (non-hydrogen) atoms. The van der Waals surface area contributed by atoms with Crippen LogP contribution in [0.15, 0.2) is 42.5 Å². The van der Waals surface area contributed by atoms with Crippen molar-refractivity contribution in [1.82, 2.24) is 4.90 Å². The van der Waals surface area contributed by atoms with Gasteiger partial charge in [0.1, 0.15) is 5.75 Å². The fourth-order valence-electron chi connectivity index (χ4n) is 2.76. The Bertz CT molecular complexity index is 875. The molecule has 0 fully saturated rings. The van der Waals surface area contributed by atoms with Crippen molar-refractivity contribution < 1.29 is 19.1 Å². The summed E-state index contributed by atoms with van der Waals surface area (Å²) >= 11 is 0. The van der Waals surface area contributed by atoms with Gasteiger partial charge < -0.3 is 15.0 Å². The molecular formula is C23H28N2O4. The van der Waals surface area contributed by atoms with Gasteiger partial charge in [0, 0.05) is 25.7 Å². The fourth-order valence-corrected chi connectivity index (χ4v) is 2.76. The summed E-state index contributed by atoms with van der Waals surface area (Å²) in [7, 11) is 1.71. The van der Waals surface area contributed by atoms with E-state index in [1.165, 1.54) is 6.92 Å². The second kappa shape index (κ2) is 10.4. The predicted molar refractivity (Wildman–Crippen MR) is 113 cm³/mol. The summed E-state index contributed by atoms with van der Waals surface area (Å²) in [5.41, 5.74) is 3.05. The molecule has 2 aromatic rings. The van der Waals surface area contributed by atoms with Gasteiger partial charge in [0.15, 0.2) is 12.4 Å². The van der Waals surface area contributed by atoms with Gasteiger partial charge in [-0.25, -0.2) is 0 Å². The topological polar surface area (TPSA) is 75.7 Å². The van der Waals surface area contributed by atoms with Gasteiger partial charge >= 0.3 is 0 Å². The minimum Gasteiger partial charge on any atom is -0.483 e. The monoisotopic (exact) mass is 396 g/mol. The fraction of sp³-hybridized carbons (Fsp3) is 0.348. The maximum atomic E-state index is 12.4. The van der Waals surface area contributed by atoms with Gasteiger partial charge in [-0.2, -0.15) is 0 Å². The minimum absolute atomic E-state index is 0.108. The smallest absolute Gasteiger partial charge is 0.260 e. The first-order valence-electron chi connectivity index (χ1n) is 9.67. The molecule has 6 heteroatoms. The Balaban J connectivity index is 2.00. The summed E-state index contributed by atoms with van der Waals surface area (Å²) in [5.74, 6) is -0.181. The third-order valence-electron chi connectivity index (χ3n) is 4.44. The maximum absolute atomic E-state index is 12.4. The molecule has 154 valence electrons. The first-order valence-corrected chi connectivity index (χ1v) is 9.67. The van der Waals surface area contributed by atoms with E-state index in [4.69, 9.17) is 4.74 Å². The van der Waals surface area contributed by atoms with Crippen LogP contribution in [0.5, 0.6) is 5.75 Å². The maximum Gasteiger partial charge on any atom is 0.260 e. The Morgan fingerprint density at radius 3 is 2.38 bits per heavy atom. The number of rotatable bonds is 9. The summed E-state index contributed by atoms with van der Waals surface area (Å²) in [6.07, 6.45) is 1.15. The second-order valence-electron chi connectivity index (χ2n) is 7.09. The number of anilines is 1. The molecule has 0 aliphatic rings. The summed E-state index contributed by atoms with van der Waals surface area (Å²) < 4.78 is 5.62. The Labute approximate surface area is 171 Å². The molecule has 0 aliphatic heterocycles. The number of Topliss-reactive ketones (excluding diaryl/α,β-unsaturated/α-hetero) is 1. The van der Waals surface area contributed by atoms with Gasteiger partial charge in [-0.15, -0.1) is 0 Å². The highest BCUT2D eigenvalue weighted by Gasteiger charge is 2.15. The molecular weight excluding hydrogens is 368 g/mol. The van der Waals surface area contributed by atoms with Crippen LogP contribution in [0.2, 0.25) is 0 Å². The van der Waals surface area contributed by atoms with E-state index >= 15 is 0 Å². The molecule has 0 heterocycles. The Hall–Kier alpha value is -3.15. The number of hydrogen-bond acceptors (Lipinski definition) is 4. The van der Waals surface area contributed by atoms with Crippen molar-refractivity contribution in [1.29, 1.82) is 0 Å². The summed E-state index contributed by atoms with van der Waals surface area (Å²) in [6.45, 7) is 5.66. The van der Waals surface area contributed by atoms with Crippen LogP contribution in [0.1, 0.15) is 48.2 Å². The van der Waals surface area contributed by atoms with Crippen molar-refractivity contribution >= 4 is 23.3 Å². The van der Waals surface area contributed by atoms with Crippen molar-refractivity contribution in [3.63, 3.8) is 0 Å². The van der Waals surface area contributed by atoms with E-state index in [9.17, 15) is 14.4 Å². The predicted octanol–water partition coefficient (Wildman–Crippen LogP) is 3.97. The van der Waals surface area contributed by atoms with Crippen LogP contribution in [-0.2, 0) is 16.1 Å². The highest BCUT2D eigenvalue weighted by atomic mass is 16.5. The number of ketones is 1. The molecule has 0 saturated carbocycles. The van der Waals surface area contributed by atoms with Crippen molar-refractivity contribution in [3.05, 3.63) is 59.2 Å². The quantitative estimate of drug-likeness (QED) is 0.651. The number of nitrogens with one attached hydrogen (secondary N) is 1. The van der Waals surface area contributed by atoms with Crippen molar-refractivity contribution in [2.75, 3.05) is 19.0 Å². The number of likely N-dealkylation sites (N-methyl/N-ethyl adjacent to an activating group) is 1. The zero-order valence-electron chi connectivity index (χ0n) is 17.5. The van der Waals surface area contributed by atoms with Crippen LogP contribution in [0.25, 0.3) is 0 Å². The number of benzene rings is 2. The standard InChI is InChI=1S/C23H28N2O4/c1-5-6-22(27)24-19-11-12-21(20(13-19)17(3)26)29-15-23(28)25(4)14-18-9-7-16(2)8-10-18/h7-13H,5-6,14-15H2,1-4H3,(H,24,27). The highest BCUT2D eigenvalue weighted by Crippen LogP contribution is 2.24. The lowest BCUT2D eigenvalue weighted by Gasteiger charge is -2.18. The molecule has 0 unspecified atom stereocenters. The Morgan fingerprint density at radius 2 is 1.76 bits per heavy atom. The van der Waals surface area contributed by atoms with Crippen LogP contribution < -0.4 is 10.1 Å². The molecule has 0 saturated heterocycles. The largest absolute Gasteiger partial charge is 0.483 e. The van der Waals surface area contributed by atoms with Crippen LogP contribution in [0.3, 0.4) is 0 Å². The first-order chi connectivity index (χ1) is 13.8. The molecule has 0 bridgehead atoms. The number of carbonyl (C=O) groups is 3. The molecule has 0 spiro atoms. The number of carbonyl (C=O) groups excluding carboxylic acids is 3. The number of hydrogen-bond donors (Lipinski definition) is 1. The Kier molecular flexibility index (Phi) is 7.95. The van der Waals surface area contributed by atoms with Gasteiger partial charge in [-0.1, -0.05) is 36.8 Å². The third-order valence-corrected chi connectivity index (χ3v) is 4.44. The lowest BCUT2D eigenvalue weighted by molar-refractivity contribution is -0.132. The van der Waals surface area contributed by atoms with E-state index in [-0.39, 0.29) is 24.2 Å². The van der Waals surface area contributed by atoms with Gasteiger partial charge in [-0.3, -0.25) is 14.4 Å². The molecule has 0 aliphatic carbocycles. The third kappa shape index (κ3) is 6.75. The zero-order valence-corrected chi connectivity index (χ0v) is 17.5. The molecule has 2 aromatic carbocycles. The average Bonchev–Trinajstić information content (AvgIpc) is 2.68. The van der Waals surface area contributed by atoms with Gasteiger partial charge in [0.05, 0.1) is 5.56 Å². The number of aryl methyl sites for hydroxylation is 1. The van der Waals surface area contributed by atoms with E-state index in [2.05, 4.69) is 5.32 Å². The normalized spacial score (nSPS) is 10.3. The summed E-state index contributed by atoms with van der Waals surface area (Å²) in [5, 5.41) is 2.76. The van der Waals surface area contributed by atoms with Gasteiger partial charge in [-0.05, 0) is 44.0 Å². The lowest BCUT2D eigenvalue weighted by Crippen LogP contribution is -2.31. The molecule has 6 nitrogen and oxygen atoms in total. The van der Waals surface area contributed by atoms with Gasteiger partial charge in [0.2, 0.25) is 5.91 Å². The summed E-state index contributed by atoms with van der Waals surface area (Å²) in [4.78, 5) is 37.7. The van der Waals surface area contributed by atoms with Gasteiger partial charge in [0.25, 0.3) is 5.91 Å². The number of amides is 2. The van der Waals surface area contributed by atoms with Crippen LogP contribution in [0, 0.1) is 6.92 Å². The second-order valence-corrected chi connectivity index (χ2v) is 7.09. The number of ether oxygens (including phenoxy) is 1. The minimum atomic E-state index is -0.202. The Morgan fingerprint density at radius 1 is 1.07 bits per heavy atom. The lowest BCUT2D eigenvalue weighted by atomic mass is 10.1. The molecule has 2 rings (SSSR count). The SMILES string of the molecule is CCCC(=O)Nc1ccc(OCC(=O)N(C)Cc2ccc(C)cc2)c(C(C)=O)c1. The van der Waals surface area contributed by atoms with E-state index in [1.54, 1.807) is 30.1 Å². The molecule has 2 amide bonds. The van der Waals surface area contributed by atoms with E-state index in [0.717, 1.165) is 17.5 Å². The summed E-state index contributed by atoms with van der Waals surface area (Å²) in [6, 6.07) is 12.8. The van der Waals surface area contributed by atoms with Crippen molar-refractivity contribution in [2.45, 2.75) is 40.2 Å². The van der Waals surface area contributed by atoms with E-state index in [0.29, 0.717) is 30.0 Å². The molecule has 0 radical (unpaired) electrons. The zero-order chi connectivity index (χ0) is 21.4. The van der Waals surface area contributed by atoms with E-state index < -0.39 is 0 Å². The first kappa shape index (κ1) is 22.1. The van der Waals surface area contributed by atoms with Crippen molar-refractivity contribution in [2.24, 2.45) is 0 Å². The molecule has 1 N–H and O–H groups in total. The molecule has 0 aromatic heterocycles. The average molecular weight is 396 g/mol. The van der Waals surface area contributed by atoms with Crippen molar-refractivity contribution in [3.8, 4) is 5.75 Å². The van der Waals surface area contributed by atoms with Crippen LogP contribution >= 0.6 is 0 Å². The number of nitrogens with zero attached hydrogens (tertiary/aromatic N) is 1. The van der Waals surface area contributed by atoms with E-state index in [1.807, 2.05) is 38.1 Å². The molecule has 0 atom stereocenters. The van der Waals surface area contributed by atoms with Crippen LogP contribution in [0.4, 0.5) is 5.69 Å². The highest BCUT2D eigenvalue weighted by molar-refractivity contribution is 5.99.